The van der Waals surface area contributed by atoms with E-state index in [0.29, 0.717) is 9.79 Å². The molecule has 1 unspecified atom stereocenters. The smallest absolute Gasteiger partial charge is 0.251 e. The van der Waals surface area contributed by atoms with E-state index in [1.54, 1.807) is 6.20 Å². The Balaban J connectivity index is 2.47. The van der Waals surface area contributed by atoms with Crippen molar-refractivity contribution in [3.05, 3.63) is 62.2 Å². The van der Waals surface area contributed by atoms with Crippen LogP contribution in [-0.4, -0.2) is 9.55 Å². The van der Waals surface area contributed by atoms with Gasteiger partial charge in [-0.2, -0.15) is 0 Å². The molecule has 2 rings (SSSR count). The van der Waals surface area contributed by atoms with Gasteiger partial charge in [0.2, 0.25) is 0 Å². The molecule has 17 heavy (non-hydrogen) atoms. The summed E-state index contributed by atoms with van der Waals surface area (Å²) in [7, 11) is 0. The molecule has 3 nitrogen and oxygen atoms in total. The van der Waals surface area contributed by atoms with Crippen molar-refractivity contribution < 1.29 is 0 Å². The molecule has 0 spiro atoms. The molecule has 0 saturated heterocycles. The number of rotatable bonds is 2. The predicted molar refractivity (Wildman–Crippen MR) is 71.2 cm³/mol. The number of nitrogens with zero attached hydrogens (tertiary/aromatic N) is 1. The fraction of sp³-hybridized carbons (Fsp3) is 0.167. The summed E-state index contributed by atoms with van der Waals surface area (Å²) in [6.45, 7) is 2.00. The quantitative estimate of drug-likeness (QED) is 0.848. The van der Waals surface area contributed by atoms with E-state index >= 15 is 0 Å². The van der Waals surface area contributed by atoms with E-state index in [1.807, 2.05) is 35.8 Å². The zero-order valence-corrected chi connectivity index (χ0v) is 10.8. The molecule has 0 amide bonds. The number of hydrogen-bond acceptors (Lipinski definition) is 2. The molecule has 1 N–H and O–H groups in total. The Labute approximate surface area is 109 Å². The Morgan fingerprint density at radius 3 is 2.82 bits per heavy atom. The van der Waals surface area contributed by atoms with Gasteiger partial charge in [-0.15, -0.1) is 0 Å². The fourth-order valence-electron chi connectivity index (χ4n) is 1.66. The van der Waals surface area contributed by atoms with Crippen molar-refractivity contribution in [2.24, 2.45) is 0 Å². The molecule has 2 aromatic rings. The van der Waals surface area contributed by atoms with Crippen molar-refractivity contribution in [1.29, 1.82) is 0 Å². The molecule has 0 radical (unpaired) electrons. The Hall–Kier alpha value is -1.39. The topological polar surface area (TPSA) is 37.8 Å². The zero-order valence-electron chi connectivity index (χ0n) is 9.18. The van der Waals surface area contributed by atoms with E-state index in [2.05, 4.69) is 4.98 Å². The van der Waals surface area contributed by atoms with Crippen LogP contribution in [0.3, 0.4) is 0 Å². The van der Waals surface area contributed by atoms with Gasteiger partial charge in [-0.25, -0.2) is 0 Å². The summed E-state index contributed by atoms with van der Waals surface area (Å²) in [6, 6.07) is 9.06. The number of nitrogens with one attached hydrogen (secondary N) is 1. The van der Waals surface area contributed by atoms with Crippen LogP contribution in [0.4, 0.5) is 0 Å². The van der Waals surface area contributed by atoms with Crippen molar-refractivity contribution in [3.63, 3.8) is 0 Å². The summed E-state index contributed by atoms with van der Waals surface area (Å²) >= 11 is 11.1. The molecular weight excluding hydrogens is 256 g/mol. The Morgan fingerprint density at radius 2 is 2.18 bits per heavy atom. The standard InChI is InChI=1S/C12H11ClN2OS/c1-8(9-3-2-4-10(13)7-9)15-6-5-11(16)14-12(15)17/h2-8H,1H3,(H,14,16,17). The average Bonchev–Trinajstić information content (AvgIpc) is 2.28. The summed E-state index contributed by atoms with van der Waals surface area (Å²) in [5.74, 6) is 0. The monoisotopic (exact) mass is 266 g/mol. The van der Waals surface area contributed by atoms with E-state index in [4.69, 9.17) is 23.8 Å². The third kappa shape index (κ3) is 2.65. The van der Waals surface area contributed by atoms with Gasteiger partial charge in [0.25, 0.3) is 5.56 Å². The fourth-order valence-corrected chi connectivity index (χ4v) is 2.18. The predicted octanol–water partition coefficient (Wildman–Crippen LogP) is 3.17. The van der Waals surface area contributed by atoms with E-state index in [9.17, 15) is 4.79 Å². The summed E-state index contributed by atoms with van der Waals surface area (Å²) in [5.41, 5.74) is 0.852. The average molecular weight is 267 g/mol. The summed E-state index contributed by atoms with van der Waals surface area (Å²) < 4.78 is 2.23. The lowest BCUT2D eigenvalue weighted by atomic mass is 10.1. The first-order valence-corrected chi connectivity index (χ1v) is 5.93. The van der Waals surface area contributed by atoms with Crippen molar-refractivity contribution in [3.8, 4) is 0 Å². The van der Waals surface area contributed by atoms with Gasteiger partial charge >= 0.3 is 0 Å². The van der Waals surface area contributed by atoms with Crippen LogP contribution in [0.1, 0.15) is 18.5 Å². The van der Waals surface area contributed by atoms with Gasteiger partial charge < -0.3 is 4.57 Å². The first-order valence-electron chi connectivity index (χ1n) is 5.15. The van der Waals surface area contributed by atoms with Crippen LogP contribution in [0.15, 0.2) is 41.3 Å². The van der Waals surface area contributed by atoms with Crippen LogP contribution in [0, 0.1) is 4.77 Å². The van der Waals surface area contributed by atoms with Crippen LogP contribution >= 0.6 is 23.8 Å². The summed E-state index contributed by atoms with van der Waals surface area (Å²) in [4.78, 5) is 13.7. The molecule has 1 heterocycles. The molecule has 0 saturated carbocycles. The molecule has 0 aliphatic rings. The van der Waals surface area contributed by atoms with Gasteiger partial charge in [-0.3, -0.25) is 9.78 Å². The maximum Gasteiger partial charge on any atom is 0.251 e. The molecule has 1 aromatic carbocycles. The molecule has 1 aromatic heterocycles. The number of H-pyrrole nitrogens is 1. The zero-order chi connectivity index (χ0) is 12.4. The highest BCUT2D eigenvalue weighted by molar-refractivity contribution is 7.71. The van der Waals surface area contributed by atoms with Crippen molar-refractivity contribution in [1.82, 2.24) is 9.55 Å². The third-order valence-corrected chi connectivity index (χ3v) is 3.15. The number of benzene rings is 1. The Kier molecular flexibility index (Phi) is 3.45. The van der Waals surface area contributed by atoms with E-state index in [1.165, 1.54) is 6.07 Å². The minimum atomic E-state index is -0.190. The van der Waals surface area contributed by atoms with Gasteiger partial charge in [-0.1, -0.05) is 23.7 Å². The third-order valence-electron chi connectivity index (χ3n) is 2.60. The summed E-state index contributed by atoms with van der Waals surface area (Å²) in [5, 5.41) is 0.685. The second-order valence-corrected chi connectivity index (χ2v) is 4.57. The highest BCUT2D eigenvalue weighted by Gasteiger charge is 2.08. The Bertz CT molecular complexity index is 647. The van der Waals surface area contributed by atoms with E-state index < -0.39 is 0 Å². The molecule has 88 valence electrons. The molecule has 0 aliphatic heterocycles. The van der Waals surface area contributed by atoms with Gasteiger partial charge in [-0.05, 0) is 36.8 Å². The van der Waals surface area contributed by atoms with Crippen molar-refractivity contribution in [2.45, 2.75) is 13.0 Å². The lowest BCUT2D eigenvalue weighted by molar-refractivity contribution is 0.610. The Morgan fingerprint density at radius 1 is 1.41 bits per heavy atom. The normalized spacial score (nSPS) is 12.4. The summed E-state index contributed by atoms with van der Waals surface area (Å²) in [6.07, 6.45) is 1.69. The first-order chi connectivity index (χ1) is 8.08. The maximum atomic E-state index is 11.1. The first kappa shape index (κ1) is 12.1. The van der Waals surface area contributed by atoms with Crippen LogP contribution < -0.4 is 5.56 Å². The van der Waals surface area contributed by atoms with Gasteiger partial charge in [0, 0.05) is 17.3 Å². The van der Waals surface area contributed by atoms with Crippen molar-refractivity contribution >= 4 is 23.8 Å². The SMILES string of the molecule is CC(c1cccc(Cl)c1)n1ccc(=O)[nH]c1=S. The highest BCUT2D eigenvalue weighted by Crippen LogP contribution is 2.20. The number of aromatic nitrogens is 2. The molecule has 5 heteroatoms. The van der Waals surface area contributed by atoms with E-state index in [-0.39, 0.29) is 11.6 Å². The van der Waals surface area contributed by atoms with Gasteiger partial charge in [0.1, 0.15) is 0 Å². The lowest BCUT2D eigenvalue weighted by Crippen LogP contribution is -2.15. The minimum Gasteiger partial charge on any atom is -0.318 e. The molecule has 1 atom stereocenters. The highest BCUT2D eigenvalue weighted by atomic mass is 35.5. The van der Waals surface area contributed by atoms with Crippen molar-refractivity contribution in [2.75, 3.05) is 0 Å². The van der Waals surface area contributed by atoms with Crippen LogP contribution in [0.25, 0.3) is 0 Å². The van der Waals surface area contributed by atoms with Crippen LogP contribution in [0.5, 0.6) is 0 Å². The largest absolute Gasteiger partial charge is 0.318 e. The minimum absolute atomic E-state index is 0.0260. The number of halogens is 1. The second kappa shape index (κ2) is 4.85. The maximum absolute atomic E-state index is 11.1. The second-order valence-electron chi connectivity index (χ2n) is 3.75. The molecule has 0 aliphatic carbocycles. The number of aromatic amines is 1. The van der Waals surface area contributed by atoms with Crippen LogP contribution in [-0.2, 0) is 0 Å². The lowest BCUT2D eigenvalue weighted by Gasteiger charge is -2.16. The number of hydrogen-bond donors (Lipinski definition) is 1. The molecular formula is C12H11ClN2OS. The molecule has 0 bridgehead atoms. The molecule has 0 fully saturated rings. The van der Waals surface area contributed by atoms with Crippen LogP contribution in [0.2, 0.25) is 5.02 Å². The van der Waals surface area contributed by atoms with E-state index in [0.717, 1.165) is 5.56 Å². The van der Waals surface area contributed by atoms with Gasteiger partial charge in [0.05, 0.1) is 6.04 Å². The van der Waals surface area contributed by atoms with Gasteiger partial charge in [0.15, 0.2) is 4.77 Å².